The zero-order chi connectivity index (χ0) is 21.5. The van der Waals surface area contributed by atoms with Crippen molar-refractivity contribution in [1.29, 1.82) is 0 Å². The van der Waals surface area contributed by atoms with Crippen LogP contribution in [0.1, 0.15) is 49.9 Å². The van der Waals surface area contributed by atoms with Gasteiger partial charge >= 0.3 is 0 Å². The van der Waals surface area contributed by atoms with Crippen molar-refractivity contribution in [2.24, 2.45) is 5.92 Å². The summed E-state index contributed by atoms with van der Waals surface area (Å²) < 4.78 is 10.1. The predicted molar refractivity (Wildman–Crippen MR) is 121 cm³/mol. The Morgan fingerprint density at radius 1 is 1.20 bits per heavy atom. The van der Waals surface area contributed by atoms with Crippen LogP contribution in [-0.4, -0.2) is 27.9 Å². The molecule has 160 valence electrons. The first-order valence-corrected chi connectivity index (χ1v) is 11.1. The van der Waals surface area contributed by atoms with Gasteiger partial charge < -0.3 is 14.6 Å². The molecular formula is C23H30N4O2S. The number of carbonyl (C=O) groups is 1. The van der Waals surface area contributed by atoms with Gasteiger partial charge in [0.2, 0.25) is 11.0 Å². The molecule has 0 saturated heterocycles. The van der Waals surface area contributed by atoms with Crippen LogP contribution in [0, 0.1) is 12.8 Å². The van der Waals surface area contributed by atoms with E-state index in [1.807, 2.05) is 19.1 Å². The summed E-state index contributed by atoms with van der Waals surface area (Å²) in [5.74, 6) is 2.08. The molecule has 1 atom stereocenters. The Morgan fingerprint density at radius 2 is 1.97 bits per heavy atom. The Balaban J connectivity index is 1.67. The third-order valence-electron chi connectivity index (χ3n) is 5.13. The average molecular weight is 427 g/mol. The molecule has 1 amide bonds. The number of furan rings is 1. The van der Waals surface area contributed by atoms with Crippen LogP contribution in [0.3, 0.4) is 0 Å². The zero-order valence-corrected chi connectivity index (χ0v) is 18.9. The second kappa shape index (κ2) is 10.4. The molecule has 30 heavy (non-hydrogen) atoms. The van der Waals surface area contributed by atoms with Gasteiger partial charge in [-0.1, -0.05) is 43.7 Å². The Morgan fingerprint density at radius 3 is 2.63 bits per heavy atom. The van der Waals surface area contributed by atoms with E-state index in [9.17, 15) is 4.79 Å². The zero-order valence-electron chi connectivity index (χ0n) is 18.1. The van der Waals surface area contributed by atoms with Gasteiger partial charge in [0.05, 0.1) is 12.8 Å². The highest BCUT2D eigenvalue weighted by atomic mass is 32.1. The minimum absolute atomic E-state index is 0.0463. The topological polar surface area (TPSA) is 71.3 Å². The van der Waals surface area contributed by atoms with E-state index in [-0.39, 0.29) is 11.9 Å². The number of carbonyl (C=O) groups excluding carboxylic acids is 1. The van der Waals surface area contributed by atoms with Crippen molar-refractivity contribution in [3.8, 4) is 0 Å². The maximum absolute atomic E-state index is 12.4. The summed E-state index contributed by atoms with van der Waals surface area (Å²) in [4.78, 5) is 19.2. The second-order valence-corrected chi connectivity index (χ2v) is 8.74. The third-order valence-corrected chi connectivity index (χ3v) is 5.95. The van der Waals surface area contributed by atoms with Crippen LogP contribution >= 0.6 is 11.5 Å². The number of amides is 1. The van der Waals surface area contributed by atoms with E-state index in [4.69, 9.17) is 9.40 Å². The summed E-state index contributed by atoms with van der Waals surface area (Å²) in [5.41, 5.74) is 2.42. The number of rotatable bonds is 10. The third kappa shape index (κ3) is 6.42. The van der Waals surface area contributed by atoms with Crippen LogP contribution in [0.25, 0.3) is 0 Å². The molecule has 0 aliphatic heterocycles. The van der Waals surface area contributed by atoms with E-state index in [0.29, 0.717) is 31.8 Å². The van der Waals surface area contributed by atoms with Crippen molar-refractivity contribution >= 4 is 22.6 Å². The maximum atomic E-state index is 12.4. The van der Waals surface area contributed by atoms with Crippen LogP contribution < -0.4 is 10.2 Å². The first kappa shape index (κ1) is 22.0. The van der Waals surface area contributed by atoms with E-state index in [0.717, 1.165) is 16.7 Å². The SMILES string of the molecule is Cc1ccc(Cc2nsc(N(CCC(=O)N[C@@H](C)C(C)C)Cc3ccco3)n2)cc1. The lowest BCUT2D eigenvalue weighted by Crippen LogP contribution is -2.38. The maximum Gasteiger partial charge on any atom is 0.221 e. The van der Waals surface area contributed by atoms with E-state index in [1.54, 1.807) is 6.26 Å². The van der Waals surface area contributed by atoms with Crippen molar-refractivity contribution in [1.82, 2.24) is 14.7 Å². The molecule has 3 rings (SSSR count). The highest BCUT2D eigenvalue weighted by molar-refractivity contribution is 7.09. The lowest BCUT2D eigenvalue weighted by molar-refractivity contribution is -0.121. The Hall–Kier alpha value is -2.67. The van der Waals surface area contributed by atoms with Crippen molar-refractivity contribution < 1.29 is 9.21 Å². The molecule has 0 aliphatic rings. The molecule has 2 heterocycles. The normalized spacial score (nSPS) is 12.2. The molecule has 0 spiro atoms. The molecule has 0 radical (unpaired) electrons. The summed E-state index contributed by atoms with van der Waals surface area (Å²) >= 11 is 1.36. The summed E-state index contributed by atoms with van der Waals surface area (Å²) in [5, 5.41) is 3.87. The van der Waals surface area contributed by atoms with Crippen LogP contribution in [0.2, 0.25) is 0 Å². The molecule has 0 fully saturated rings. The molecule has 7 heteroatoms. The molecule has 6 nitrogen and oxygen atoms in total. The van der Waals surface area contributed by atoms with E-state index in [1.165, 1.54) is 22.7 Å². The quantitative estimate of drug-likeness (QED) is 0.513. The lowest BCUT2D eigenvalue weighted by Gasteiger charge is -2.22. The molecule has 0 unspecified atom stereocenters. The lowest BCUT2D eigenvalue weighted by atomic mass is 10.1. The number of aromatic nitrogens is 2. The first-order valence-electron chi connectivity index (χ1n) is 10.4. The van der Waals surface area contributed by atoms with Gasteiger partial charge in [-0.05, 0) is 37.5 Å². The number of anilines is 1. The van der Waals surface area contributed by atoms with Crippen LogP contribution in [-0.2, 0) is 17.8 Å². The monoisotopic (exact) mass is 426 g/mol. The minimum atomic E-state index is 0.0463. The summed E-state index contributed by atoms with van der Waals surface area (Å²) in [7, 11) is 0. The number of benzene rings is 1. The molecule has 1 aromatic carbocycles. The van der Waals surface area contributed by atoms with Crippen LogP contribution in [0.15, 0.2) is 47.1 Å². The molecule has 0 bridgehead atoms. The summed E-state index contributed by atoms with van der Waals surface area (Å²) in [6.07, 6.45) is 2.75. The minimum Gasteiger partial charge on any atom is -0.467 e. The van der Waals surface area contributed by atoms with Gasteiger partial charge in [0, 0.05) is 37.0 Å². The van der Waals surface area contributed by atoms with Gasteiger partial charge in [0.15, 0.2) is 0 Å². The summed E-state index contributed by atoms with van der Waals surface area (Å²) in [6.45, 7) is 9.42. The number of nitrogens with one attached hydrogen (secondary N) is 1. The van der Waals surface area contributed by atoms with Gasteiger partial charge in [-0.25, -0.2) is 4.98 Å². The fourth-order valence-corrected chi connectivity index (χ4v) is 3.61. The first-order chi connectivity index (χ1) is 14.4. The fourth-order valence-electron chi connectivity index (χ4n) is 2.90. The Bertz CT molecular complexity index is 919. The number of aryl methyl sites for hydroxylation is 1. The van der Waals surface area contributed by atoms with Crippen molar-refractivity contribution in [3.05, 3.63) is 65.4 Å². The molecule has 1 N–H and O–H groups in total. The van der Waals surface area contributed by atoms with Crippen molar-refractivity contribution in [2.45, 2.75) is 53.1 Å². The number of hydrogen-bond donors (Lipinski definition) is 1. The van der Waals surface area contributed by atoms with E-state index in [2.05, 4.69) is 59.6 Å². The smallest absolute Gasteiger partial charge is 0.221 e. The highest BCUT2D eigenvalue weighted by Crippen LogP contribution is 2.22. The van der Waals surface area contributed by atoms with Gasteiger partial charge in [-0.15, -0.1) is 0 Å². The molecule has 3 aromatic rings. The van der Waals surface area contributed by atoms with Gasteiger partial charge in [0.25, 0.3) is 0 Å². The molecular weight excluding hydrogens is 396 g/mol. The summed E-state index contributed by atoms with van der Waals surface area (Å²) in [6, 6.07) is 12.4. The molecule has 2 aromatic heterocycles. The van der Waals surface area contributed by atoms with Gasteiger partial charge in [-0.3, -0.25) is 4.79 Å². The Labute approximate surface area is 182 Å². The predicted octanol–water partition coefficient (Wildman–Crippen LogP) is 4.59. The van der Waals surface area contributed by atoms with E-state index < -0.39 is 0 Å². The van der Waals surface area contributed by atoms with Gasteiger partial charge in [-0.2, -0.15) is 4.37 Å². The second-order valence-electron chi connectivity index (χ2n) is 8.01. The largest absolute Gasteiger partial charge is 0.467 e. The molecule has 0 aliphatic carbocycles. The standard InChI is InChI=1S/C23H30N4O2S/c1-16(2)18(4)24-22(28)11-12-27(15-20-6-5-13-29-20)23-25-21(26-30-23)14-19-9-7-17(3)8-10-19/h5-10,13,16,18H,11-12,14-15H2,1-4H3,(H,24,28)/t18-/m0/s1. The van der Waals surface area contributed by atoms with E-state index >= 15 is 0 Å². The average Bonchev–Trinajstić information content (AvgIpc) is 3.39. The highest BCUT2D eigenvalue weighted by Gasteiger charge is 2.17. The van der Waals surface area contributed by atoms with Gasteiger partial charge in [0.1, 0.15) is 11.6 Å². The molecule has 0 saturated carbocycles. The number of nitrogens with zero attached hydrogens (tertiary/aromatic N) is 3. The van der Waals surface area contributed by atoms with Crippen LogP contribution in [0.5, 0.6) is 0 Å². The number of hydrogen-bond acceptors (Lipinski definition) is 6. The Kier molecular flexibility index (Phi) is 7.63. The van der Waals surface area contributed by atoms with Crippen molar-refractivity contribution in [2.75, 3.05) is 11.4 Å². The van der Waals surface area contributed by atoms with Crippen molar-refractivity contribution in [3.63, 3.8) is 0 Å². The van der Waals surface area contributed by atoms with Crippen LogP contribution in [0.4, 0.5) is 5.13 Å². The fraction of sp³-hybridized carbons (Fsp3) is 0.435.